The number of halogens is 1. The Bertz CT molecular complexity index is 809. The van der Waals surface area contributed by atoms with Crippen molar-refractivity contribution in [3.05, 3.63) is 34.6 Å². The van der Waals surface area contributed by atoms with E-state index in [1.165, 1.54) is 0 Å². The van der Waals surface area contributed by atoms with E-state index in [4.69, 9.17) is 15.6 Å². The third-order valence-corrected chi connectivity index (χ3v) is 3.92. The molecule has 126 valence electrons. The third-order valence-electron chi connectivity index (χ3n) is 3.42. The Kier molecular flexibility index (Phi) is 4.96. The summed E-state index contributed by atoms with van der Waals surface area (Å²) >= 11 is 3.46. The maximum Gasteiger partial charge on any atom is 0.176 e. The quantitative estimate of drug-likeness (QED) is 0.615. The molecule has 0 saturated carbocycles. The Hall–Kier alpha value is -2.19. The average Bonchev–Trinajstić information content (AvgIpc) is 2.88. The number of nitrogens with zero attached hydrogens (tertiary/aromatic N) is 4. The molecule has 3 rings (SSSR count). The van der Waals surface area contributed by atoms with Crippen LogP contribution in [0.3, 0.4) is 0 Å². The Morgan fingerprint density at radius 2 is 2.33 bits per heavy atom. The van der Waals surface area contributed by atoms with Crippen LogP contribution in [0.2, 0.25) is 0 Å². The van der Waals surface area contributed by atoms with Gasteiger partial charge in [0, 0.05) is 10.7 Å². The van der Waals surface area contributed by atoms with Gasteiger partial charge >= 0.3 is 0 Å². The van der Waals surface area contributed by atoms with E-state index in [2.05, 4.69) is 30.9 Å². The van der Waals surface area contributed by atoms with E-state index in [1.54, 1.807) is 6.92 Å². The van der Waals surface area contributed by atoms with Crippen LogP contribution in [0.15, 0.2) is 38.9 Å². The van der Waals surface area contributed by atoms with Crippen LogP contribution in [-0.4, -0.2) is 46.1 Å². The number of aromatic nitrogens is 2. The lowest BCUT2D eigenvalue weighted by molar-refractivity contribution is 0.306. The van der Waals surface area contributed by atoms with Gasteiger partial charge in [-0.1, -0.05) is 15.9 Å². The van der Waals surface area contributed by atoms with Crippen LogP contribution in [0.5, 0.6) is 5.75 Å². The summed E-state index contributed by atoms with van der Waals surface area (Å²) in [6.07, 6.45) is 1.89. The number of nitrogens with two attached hydrogens (primary N) is 1. The lowest BCUT2D eigenvalue weighted by Crippen LogP contribution is -2.11. The highest BCUT2D eigenvalue weighted by Crippen LogP contribution is 2.34. The maximum absolute atomic E-state index is 9.02. The Labute approximate surface area is 148 Å². The molecule has 24 heavy (non-hydrogen) atoms. The number of benzene rings is 1. The van der Waals surface area contributed by atoms with E-state index >= 15 is 0 Å². The second-order valence-corrected chi connectivity index (χ2v) is 6.23. The molecule has 3 N–H and O–H groups in total. The van der Waals surface area contributed by atoms with E-state index in [9.17, 15) is 0 Å². The number of hydrogen-bond donors (Lipinski definition) is 2. The molecule has 1 aromatic carbocycles. The first kappa shape index (κ1) is 16.7. The number of hydrogen-bond acceptors (Lipinski definition) is 4. The fourth-order valence-corrected chi connectivity index (χ4v) is 2.80. The fourth-order valence-electron chi connectivity index (χ4n) is 2.46. The second-order valence-electron chi connectivity index (χ2n) is 5.31. The number of aliphatic hydroxyl groups excluding tert-OH is 1. The van der Waals surface area contributed by atoms with Crippen LogP contribution < -0.4 is 10.5 Å². The van der Waals surface area contributed by atoms with E-state index in [0.717, 1.165) is 21.6 Å². The van der Waals surface area contributed by atoms with Gasteiger partial charge < -0.3 is 20.1 Å². The van der Waals surface area contributed by atoms with E-state index in [0.29, 0.717) is 30.5 Å². The van der Waals surface area contributed by atoms with Gasteiger partial charge in [-0.3, -0.25) is 4.99 Å². The summed E-state index contributed by atoms with van der Waals surface area (Å²) < 4.78 is 8.77. The molecule has 1 aromatic heterocycles. The first-order valence-electron chi connectivity index (χ1n) is 7.55. The van der Waals surface area contributed by atoms with Crippen molar-refractivity contribution in [2.45, 2.75) is 13.5 Å². The molecule has 0 radical (unpaired) electrons. The van der Waals surface area contributed by atoms with Crippen LogP contribution in [0.4, 0.5) is 0 Å². The zero-order valence-electron chi connectivity index (χ0n) is 13.2. The van der Waals surface area contributed by atoms with E-state index < -0.39 is 0 Å². The van der Waals surface area contributed by atoms with Crippen LogP contribution in [-0.2, 0) is 6.54 Å². The number of rotatable bonds is 3. The van der Waals surface area contributed by atoms with Crippen molar-refractivity contribution in [3.63, 3.8) is 0 Å². The molecule has 8 heteroatoms. The average molecular weight is 392 g/mol. The topological polar surface area (TPSA) is 98.0 Å². The van der Waals surface area contributed by atoms with Gasteiger partial charge in [0.25, 0.3) is 0 Å². The molecule has 0 saturated heterocycles. The zero-order chi connectivity index (χ0) is 17.1. The zero-order valence-corrected chi connectivity index (χ0v) is 14.8. The van der Waals surface area contributed by atoms with E-state index in [-0.39, 0.29) is 13.2 Å². The van der Waals surface area contributed by atoms with Gasteiger partial charge in [0.1, 0.15) is 23.9 Å². The highest BCUT2D eigenvalue weighted by Gasteiger charge is 2.20. The molecular formula is C16H18BrN5O2. The Balaban J connectivity index is 2.08. The number of ether oxygens (including phenoxy) is 1. The summed E-state index contributed by atoms with van der Waals surface area (Å²) in [4.78, 5) is 13.2. The fraction of sp³-hybridized carbons (Fsp3) is 0.312. The predicted molar refractivity (Wildman–Crippen MR) is 96.6 cm³/mol. The van der Waals surface area contributed by atoms with Gasteiger partial charge in [0.2, 0.25) is 0 Å². The molecule has 0 unspecified atom stereocenters. The molecule has 7 nitrogen and oxygen atoms in total. The molecule has 1 aliphatic rings. The highest BCUT2D eigenvalue weighted by atomic mass is 79.9. The molecular weight excluding hydrogens is 374 g/mol. The maximum atomic E-state index is 9.02. The first-order chi connectivity index (χ1) is 11.6. The van der Waals surface area contributed by atoms with Crippen molar-refractivity contribution in [2.75, 3.05) is 19.8 Å². The van der Waals surface area contributed by atoms with Gasteiger partial charge in [-0.25, -0.2) is 9.98 Å². The Morgan fingerprint density at radius 3 is 3.08 bits per heavy atom. The number of fused-ring (bicyclic) bond motifs is 3. The van der Waals surface area contributed by atoms with Crippen molar-refractivity contribution in [1.82, 2.24) is 9.55 Å². The highest BCUT2D eigenvalue weighted by molar-refractivity contribution is 9.10. The van der Waals surface area contributed by atoms with Crippen molar-refractivity contribution < 1.29 is 9.84 Å². The standard InChI is InChI=1S/C16H18BrN5O2/c1-10(18)20-15(19-4-6-23)13-9-22-5-7-24-14-8-11(17)2-3-12(14)16(22)21-13/h2-3,8-9,23H,4-7H2,1H3,(H2,18,19,20). The van der Waals surface area contributed by atoms with Crippen molar-refractivity contribution in [1.29, 1.82) is 0 Å². The summed E-state index contributed by atoms with van der Waals surface area (Å²) in [5.41, 5.74) is 7.23. The molecule has 0 atom stereocenters. The smallest absolute Gasteiger partial charge is 0.176 e. The lowest BCUT2D eigenvalue weighted by atomic mass is 10.2. The molecule has 0 amide bonds. The molecule has 0 aliphatic carbocycles. The number of amidine groups is 2. The monoisotopic (exact) mass is 391 g/mol. The number of imidazole rings is 1. The molecule has 0 bridgehead atoms. The number of aliphatic hydroxyl groups is 1. The van der Waals surface area contributed by atoms with Gasteiger partial charge in [0.15, 0.2) is 5.84 Å². The SMILES string of the molecule is CC(N)=NC(=NCCO)c1cn2c(n1)-c1ccc(Br)cc1OCC2. The second kappa shape index (κ2) is 7.14. The summed E-state index contributed by atoms with van der Waals surface area (Å²) in [6, 6.07) is 5.85. The largest absolute Gasteiger partial charge is 0.491 e. The van der Waals surface area contributed by atoms with Gasteiger partial charge in [-0.05, 0) is 25.1 Å². The van der Waals surface area contributed by atoms with Crippen molar-refractivity contribution >= 4 is 27.6 Å². The van der Waals surface area contributed by atoms with E-state index in [1.807, 2.05) is 29.0 Å². The van der Waals surface area contributed by atoms with Gasteiger partial charge in [-0.15, -0.1) is 0 Å². The van der Waals surface area contributed by atoms with Crippen molar-refractivity contribution in [2.24, 2.45) is 15.7 Å². The summed E-state index contributed by atoms with van der Waals surface area (Å²) in [6.45, 7) is 3.11. The Morgan fingerprint density at radius 1 is 1.50 bits per heavy atom. The molecule has 2 aromatic rings. The molecule has 1 aliphatic heterocycles. The van der Waals surface area contributed by atoms with Crippen LogP contribution >= 0.6 is 15.9 Å². The molecule has 2 heterocycles. The minimum Gasteiger partial charge on any atom is -0.491 e. The van der Waals surface area contributed by atoms with Crippen LogP contribution in [0, 0.1) is 0 Å². The van der Waals surface area contributed by atoms with Crippen molar-refractivity contribution in [3.8, 4) is 17.1 Å². The third kappa shape index (κ3) is 3.49. The van der Waals surface area contributed by atoms with Gasteiger partial charge in [0.05, 0.1) is 31.1 Å². The molecule has 0 spiro atoms. The van der Waals surface area contributed by atoms with Gasteiger partial charge in [-0.2, -0.15) is 0 Å². The molecule has 0 fully saturated rings. The lowest BCUT2D eigenvalue weighted by Gasteiger charge is -2.06. The summed E-state index contributed by atoms with van der Waals surface area (Å²) in [5, 5.41) is 9.02. The van der Waals surface area contributed by atoms with Crippen LogP contribution in [0.1, 0.15) is 12.6 Å². The van der Waals surface area contributed by atoms with Crippen LogP contribution in [0.25, 0.3) is 11.4 Å². The number of aliphatic imine (C=N–C) groups is 2. The minimum atomic E-state index is -0.0547. The summed E-state index contributed by atoms with van der Waals surface area (Å²) in [5.74, 6) is 2.39. The minimum absolute atomic E-state index is 0.0547. The predicted octanol–water partition coefficient (Wildman–Crippen LogP) is 1.82. The summed E-state index contributed by atoms with van der Waals surface area (Å²) in [7, 11) is 0. The first-order valence-corrected chi connectivity index (χ1v) is 8.34. The normalized spacial score (nSPS) is 14.6.